The third-order valence-electron chi connectivity index (χ3n) is 2.51. The molecule has 4 N–H and O–H groups in total. The number of carbonyl (C=O) groups is 1. The van der Waals surface area contributed by atoms with Gasteiger partial charge in [0, 0.05) is 11.4 Å². The van der Waals surface area contributed by atoms with Gasteiger partial charge in [-0.05, 0) is 56.0 Å². The van der Waals surface area contributed by atoms with E-state index in [1.807, 2.05) is 0 Å². The van der Waals surface area contributed by atoms with Gasteiger partial charge in [-0.2, -0.15) is 0 Å². The van der Waals surface area contributed by atoms with E-state index in [2.05, 4.69) is 0 Å². The summed E-state index contributed by atoms with van der Waals surface area (Å²) in [5.74, 6) is -0.390. The summed E-state index contributed by atoms with van der Waals surface area (Å²) >= 11 is 0. The summed E-state index contributed by atoms with van der Waals surface area (Å²) in [4.78, 5) is 10.8. The van der Waals surface area contributed by atoms with Gasteiger partial charge in [0.05, 0.1) is 0 Å². The van der Waals surface area contributed by atoms with Crippen molar-refractivity contribution in [3.05, 3.63) is 40.8 Å². The molecule has 0 bridgehead atoms. The summed E-state index contributed by atoms with van der Waals surface area (Å²) in [7, 11) is 0. The average molecular weight is 236 g/mol. The van der Waals surface area contributed by atoms with E-state index in [1.165, 1.54) is 19.1 Å². The fourth-order valence-corrected chi connectivity index (χ4v) is 1.54. The maximum atomic E-state index is 13.6. The number of nitrogen functional groups attached to an aromatic ring is 1. The molecule has 0 fully saturated rings. The van der Waals surface area contributed by atoms with Crippen LogP contribution < -0.4 is 11.5 Å². The predicted molar refractivity (Wildman–Crippen MR) is 66.8 cm³/mol. The number of carbonyl (C=O) groups excluding carboxylic acids is 1. The van der Waals surface area contributed by atoms with Crippen LogP contribution in [0.25, 0.3) is 0 Å². The molecule has 4 heteroatoms. The first-order valence-corrected chi connectivity index (χ1v) is 5.41. The maximum absolute atomic E-state index is 13.6. The van der Waals surface area contributed by atoms with Crippen molar-refractivity contribution in [3.63, 3.8) is 0 Å². The lowest BCUT2D eigenvalue weighted by Gasteiger charge is -2.07. The van der Waals surface area contributed by atoms with Crippen LogP contribution in [0.3, 0.4) is 0 Å². The Balaban J connectivity index is 2.76. The number of aryl methyl sites for hydroxylation is 2. The average Bonchev–Trinajstić information content (AvgIpc) is 2.20. The van der Waals surface area contributed by atoms with Crippen molar-refractivity contribution in [2.24, 2.45) is 5.73 Å². The molecule has 92 valence electrons. The molecule has 0 radical (unpaired) electrons. The number of nitrogens with two attached hydrogens (primary N) is 2. The zero-order chi connectivity index (χ0) is 13.0. The van der Waals surface area contributed by atoms with Gasteiger partial charge >= 0.3 is 0 Å². The number of hydrogen-bond acceptors (Lipinski definition) is 3. The minimum Gasteiger partial charge on any atom is -0.402 e. The Morgan fingerprint density at radius 2 is 2.12 bits per heavy atom. The third kappa shape index (κ3) is 3.90. The van der Waals surface area contributed by atoms with Crippen molar-refractivity contribution in [2.45, 2.75) is 26.7 Å². The fraction of sp³-hybridized carbons (Fsp3) is 0.308. The van der Waals surface area contributed by atoms with Crippen LogP contribution in [0.2, 0.25) is 0 Å². The van der Waals surface area contributed by atoms with E-state index in [9.17, 15) is 9.18 Å². The monoisotopic (exact) mass is 236 g/mol. The van der Waals surface area contributed by atoms with Gasteiger partial charge in [0.15, 0.2) is 5.78 Å². The Hall–Kier alpha value is -1.84. The molecule has 0 atom stereocenters. The highest BCUT2D eigenvalue weighted by atomic mass is 19.1. The fourth-order valence-electron chi connectivity index (χ4n) is 1.54. The minimum atomic E-state index is -0.285. The molecule has 0 unspecified atom stereocenters. The largest absolute Gasteiger partial charge is 0.402 e. The first kappa shape index (κ1) is 13.2. The smallest absolute Gasteiger partial charge is 0.154 e. The standard InChI is InChI=1S/C13H17FN2O/c1-8-5-12(14)10(7-13(8)16)3-4-11(15)6-9(2)17/h5-7H,3-4,15-16H2,1-2H3/b11-6-. The minimum absolute atomic E-state index is 0.105. The quantitative estimate of drug-likeness (QED) is 0.621. The van der Waals surface area contributed by atoms with Crippen LogP contribution in [-0.2, 0) is 11.2 Å². The van der Waals surface area contributed by atoms with Gasteiger partial charge in [0.1, 0.15) is 5.82 Å². The van der Waals surface area contributed by atoms with Gasteiger partial charge in [-0.15, -0.1) is 0 Å². The summed E-state index contributed by atoms with van der Waals surface area (Å²) in [5, 5.41) is 0. The van der Waals surface area contributed by atoms with Crippen molar-refractivity contribution in [3.8, 4) is 0 Å². The van der Waals surface area contributed by atoms with Crippen molar-refractivity contribution in [1.82, 2.24) is 0 Å². The summed E-state index contributed by atoms with van der Waals surface area (Å²) in [6.07, 6.45) is 2.24. The molecule has 0 aliphatic rings. The zero-order valence-electron chi connectivity index (χ0n) is 10.1. The van der Waals surface area contributed by atoms with Gasteiger partial charge in [0.2, 0.25) is 0 Å². The molecule has 17 heavy (non-hydrogen) atoms. The van der Waals surface area contributed by atoms with Crippen molar-refractivity contribution >= 4 is 11.5 Å². The Labute approximate surface area is 100 Å². The summed E-state index contributed by atoms with van der Waals surface area (Å²) in [6.45, 7) is 3.18. The van der Waals surface area contributed by atoms with Gasteiger partial charge < -0.3 is 11.5 Å². The second kappa shape index (κ2) is 5.48. The topological polar surface area (TPSA) is 69.1 Å². The second-order valence-corrected chi connectivity index (χ2v) is 4.13. The van der Waals surface area contributed by atoms with Crippen LogP contribution in [0.5, 0.6) is 0 Å². The number of halogens is 1. The third-order valence-corrected chi connectivity index (χ3v) is 2.51. The molecule has 1 rings (SSSR count). The maximum Gasteiger partial charge on any atom is 0.154 e. The predicted octanol–water partition coefficient (Wildman–Crippen LogP) is 2.08. The van der Waals surface area contributed by atoms with Crippen molar-refractivity contribution in [2.75, 3.05) is 5.73 Å². The zero-order valence-corrected chi connectivity index (χ0v) is 10.1. The SMILES string of the molecule is CC(=O)/C=C(\N)CCc1cc(N)c(C)cc1F. The van der Waals surface area contributed by atoms with Crippen molar-refractivity contribution < 1.29 is 9.18 Å². The molecule has 3 nitrogen and oxygen atoms in total. The number of hydrogen-bond donors (Lipinski definition) is 2. The van der Waals surface area contributed by atoms with Crippen LogP contribution in [0.15, 0.2) is 23.9 Å². The lowest BCUT2D eigenvalue weighted by Crippen LogP contribution is -2.04. The van der Waals surface area contributed by atoms with E-state index >= 15 is 0 Å². The van der Waals surface area contributed by atoms with Gasteiger partial charge in [0.25, 0.3) is 0 Å². The van der Waals surface area contributed by atoms with Crippen LogP contribution in [0, 0.1) is 12.7 Å². The van der Waals surface area contributed by atoms with Crippen LogP contribution >= 0.6 is 0 Å². The summed E-state index contributed by atoms with van der Waals surface area (Å²) < 4.78 is 13.6. The Bertz CT molecular complexity index is 467. The molecule has 0 saturated heterocycles. The molecule has 0 spiro atoms. The number of benzene rings is 1. The van der Waals surface area contributed by atoms with E-state index in [0.717, 1.165) is 5.56 Å². The van der Waals surface area contributed by atoms with Gasteiger partial charge in [-0.3, -0.25) is 4.79 Å². The van der Waals surface area contributed by atoms with Gasteiger partial charge in [-0.25, -0.2) is 4.39 Å². The van der Waals surface area contributed by atoms with Crippen LogP contribution in [0.4, 0.5) is 10.1 Å². The van der Waals surface area contributed by atoms with Crippen LogP contribution in [0.1, 0.15) is 24.5 Å². The van der Waals surface area contributed by atoms with Gasteiger partial charge in [-0.1, -0.05) is 0 Å². The highest BCUT2D eigenvalue weighted by molar-refractivity contribution is 5.87. The van der Waals surface area contributed by atoms with E-state index < -0.39 is 0 Å². The summed E-state index contributed by atoms with van der Waals surface area (Å²) in [6, 6.07) is 3.03. The molecule has 0 aliphatic carbocycles. The van der Waals surface area contributed by atoms with E-state index in [0.29, 0.717) is 29.8 Å². The van der Waals surface area contributed by atoms with E-state index in [-0.39, 0.29) is 11.6 Å². The highest BCUT2D eigenvalue weighted by Gasteiger charge is 2.06. The van der Waals surface area contributed by atoms with Crippen molar-refractivity contribution in [1.29, 1.82) is 0 Å². The molecule has 0 heterocycles. The second-order valence-electron chi connectivity index (χ2n) is 4.13. The van der Waals surface area contributed by atoms with E-state index in [1.54, 1.807) is 13.0 Å². The normalized spacial score (nSPS) is 11.6. The number of anilines is 1. The Morgan fingerprint density at radius 3 is 2.71 bits per heavy atom. The van der Waals surface area contributed by atoms with Crippen LogP contribution in [-0.4, -0.2) is 5.78 Å². The Kier molecular flexibility index (Phi) is 4.26. The lowest BCUT2D eigenvalue weighted by molar-refractivity contribution is -0.112. The summed E-state index contributed by atoms with van der Waals surface area (Å²) in [5.41, 5.74) is 13.6. The lowest BCUT2D eigenvalue weighted by atomic mass is 10.0. The first-order chi connectivity index (χ1) is 7.90. The molecule has 0 saturated carbocycles. The molecule has 1 aromatic rings. The highest BCUT2D eigenvalue weighted by Crippen LogP contribution is 2.19. The molecular formula is C13H17FN2O. The molecule has 0 amide bonds. The molecule has 0 aliphatic heterocycles. The molecular weight excluding hydrogens is 219 g/mol. The molecule has 0 aromatic heterocycles. The number of allylic oxidation sites excluding steroid dienone is 2. The molecule has 1 aromatic carbocycles. The first-order valence-electron chi connectivity index (χ1n) is 5.41. The number of rotatable bonds is 4. The number of ketones is 1. The Morgan fingerprint density at radius 1 is 1.47 bits per heavy atom. The van der Waals surface area contributed by atoms with E-state index in [4.69, 9.17) is 11.5 Å².